The van der Waals surface area contributed by atoms with Gasteiger partial charge in [-0.15, -0.1) is 0 Å². The summed E-state index contributed by atoms with van der Waals surface area (Å²) in [6.45, 7) is 0. The molecule has 134 valence electrons. The molecular weight excluding hydrogens is 328 g/mol. The molecule has 0 saturated carbocycles. The van der Waals surface area contributed by atoms with Gasteiger partial charge in [0, 0.05) is 28.3 Å². The molecule has 0 aromatic heterocycles. The molecule has 0 unspecified atom stereocenters. The number of hydrogen-bond acceptors (Lipinski definition) is 6. The third-order valence-electron chi connectivity index (χ3n) is 4.89. The highest BCUT2D eigenvalue weighted by atomic mass is 16.5. The zero-order chi connectivity index (χ0) is 18.3. The maximum Gasteiger partial charge on any atom is 0.174 e. The van der Waals surface area contributed by atoms with E-state index in [-0.39, 0.29) is 12.5 Å². The Morgan fingerprint density at radius 1 is 0.692 bits per heavy atom. The molecule has 6 nitrogen and oxygen atoms in total. The maximum atomic E-state index is 5.78. The smallest absolute Gasteiger partial charge is 0.174 e. The van der Waals surface area contributed by atoms with Crippen molar-refractivity contribution in [1.29, 1.82) is 0 Å². The molecule has 2 aliphatic rings. The van der Waals surface area contributed by atoms with Gasteiger partial charge in [-0.3, -0.25) is 0 Å². The lowest BCUT2D eigenvalue weighted by atomic mass is 10.0. The van der Waals surface area contributed by atoms with E-state index < -0.39 is 0 Å². The van der Waals surface area contributed by atoms with Crippen molar-refractivity contribution in [2.24, 2.45) is 9.98 Å². The topological polar surface area (TPSA) is 49.7 Å². The summed E-state index contributed by atoms with van der Waals surface area (Å²) in [5, 5.41) is 0. The van der Waals surface area contributed by atoms with Gasteiger partial charge in [-0.05, 0) is 24.3 Å². The number of fused-ring (bicyclic) bond motifs is 2. The number of aliphatic imine (C=N–C) groups is 2. The number of benzene rings is 2. The Hall–Kier alpha value is -2.70. The van der Waals surface area contributed by atoms with E-state index in [1.807, 2.05) is 62.6 Å². The van der Waals surface area contributed by atoms with Crippen LogP contribution in [0, 0.1) is 0 Å². The van der Waals surface area contributed by atoms with Gasteiger partial charge in [0.2, 0.25) is 0 Å². The number of ether oxygens (including phenoxy) is 2. The van der Waals surface area contributed by atoms with Crippen LogP contribution in [0.25, 0.3) is 0 Å². The monoisotopic (exact) mass is 350 g/mol. The van der Waals surface area contributed by atoms with Gasteiger partial charge in [0.1, 0.15) is 11.4 Å². The number of nitrogens with zero attached hydrogens (tertiary/aromatic N) is 4. The van der Waals surface area contributed by atoms with Gasteiger partial charge >= 0.3 is 0 Å². The standard InChI is InChI=1S/C20H22N4O2/c1-23-15-11-7-5-9-13(15)21-17(19(23)25-3)18-20(26-4)24(2)16-12-8-6-10-14(16)22-18/h5-12,19-20H,1-4H3/t19-,20+. The minimum absolute atomic E-state index is 0.333. The second-order valence-electron chi connectivity index (χ2n) is 6.37. The molecule has 0 bridgehead atoms. The molecule has 6 heteroatoms. The van der Waals surface area contributed by atoms with Crippen molar-refractivity contribution in [1.82, 2.24) is 0 Å². The Morgan fingerprint density at radius 3 is 1.46 bits per heavy atom. The van der Waals surface area contributed by atoms with Gasteiger partial charge in [0.15, 0.2) is 12.5 Å². The Balaban J connectivity index is 1.90. The number of anilines is 2. The van der Waals surface area contributed by atoms with Gasteiger partial charge < -0.3 is 19.3 Å². The minimum Gasteiger partial charge on any atom is -0.356 e. The molecule has 2 aromatic rings. The van der Waals surface area contributed by atoms with E-state index in [9.17, 15) is 0 Å². The van der Waals surface area contributed by atoms with E-state index in [4.69, 9.17) is 19.5 Å². The zero-order valence-corrected chi connectivity index (χ0v) is 15.4. The van der Waals surface area contributed by atoms with Crippen LogP contribution in [0.1, 0.15) is 0 Å². The minimum atomic E-state index is -0.333. The van der Waals surface area contributed by atoms with Crippen LogP contribution in [0.2, 0.25) is 0 Å². The van der Waals surface area contributed by atoms with Crippen molar-refractivity contribution in [3.05, 3.63) is 48.5 Å². The zero-order valence-electron chi connectivity index (χ0n) is 15.4. The predicted molar refractivity (Wildman–Crippen MR) is 105 cm³/mol. The van der Waals surface area contributed by atoms with Crippen LogP contribution < -0.4 is 9.80 Å². The first-order valence-corrected chi connectivity index (χ1v) is 8.52. The maximum absolute atomic E-state index is 5.78. The molecule has 26 heavy (non-hydrogen) atoms. The molecule has 0 aliphatic carbocycles. The van der Waals surface area contributed by atoms with E-state index in [1.54, 1.807) is 14.2 Å². The fourth-order valence-electron chi connectivity index (χ4n) is 3.61. The molecule has 2 aliphatic heterocycles. The van der Waals surface area contributed by atoms with E-state index in [0.717, 1.165) is 34.2 Å². The number of rotatable bonds is 3. The summed E-state index contributed by atoms with van der Waals surface area (Å²) in [5.74, 6) is 0. The van der Waals surface area contributed by atoms with E-state index in [2.05, 4.69) is 9.80 Å². The number of hydrogen-bond donors (Lipinski definition) is 0. The number of methoxy groups -OCH3 is 2. The first kappa shape index (κ1) is 16.8. The second-order valence-corrected chi connectivity index (χ2v) is 6.37. The first-order chi connectivity index (χ1) is 12.7. The largest absolute Gasteiger partial charge is 0.356 e. The highest BCUT2D eigenvalue weighted by Gasteiger charge is 2.38. The average molecular weight is 350 g/mol. The summed E-state index contributed by atoms with van der Waals surface area (Å²) in [6, 6.07) is 16.1. The van der Waals surface area contributed by atoms with Crippen LogP contribution in [-0.2, 0) is 9.47 Å². The summed E-state index contributed by atoms with van der Waals surface area (Å²) < 4.78 is 11.6. The molecule has 0 fully saturated rings. The molecule has 0 radical (unpaired) electrons. The first-order valence-electron chi connectivity index (χ1n) is 8.52. The van der Waals surface area contributed by atoms with Crippen molar-refractivity contribution >= 4 is 34.2 Å². The summed E-state index contributed by atoms with van der Waals surface area (Å²) in [6.07, 6.45) is -0.667. The summed E-state index contributed by atoms with van der Waals surface area (Å²) in [7, 11) is 7.38. The van der Waals surface area contributed by atoms with Gasteiger partial charge in [0.05, 0.1) is 22.7 Å². The third kappa shape index (κ3) is 2.50. The second kappa shape index (κ2) is 6.55. The lowest BCUT2D eigenvalue weighted by molar-refractivity contribution is 0.147. The van der Waals surface area contributed by atoms with Gasteiger partial charge in [-0.25, -0.2) is 9.98 Å². The Labute approximate surface area is 153 Å². The van der Waals surface area contributed by atoms with Crippen LogP contribution in [0.5, 0.6) is 0 Å². The van der Waals surface area contributed by atoms with Crippen LogP contribution in [0.3, 0.4) is 0 Å². The van der Waals surface area contributed by atoms with E-state index in [1.165, 1.54) is 0 Å². The Kier molecular flexibility index (Phi) is 4.22. The highest BCUT2D eigenvalue weighted by molar-refractivity contribution is 6.48. The van der Waals surface area contributed by atoms with Crippen LogP contribution in [0.4, 0.5) is 22.7 Å². The van der Waals surface area contributed by atoms with Crippen LogP contribution in [0.15, 0.2) is 58.5 Å². The fourth-order valence-corrected chi connectivity index (χ4v) is 3.61. The van der Waals surface area contributed by atoms with Crippen molar-refractivity contribution in [2.75, 3.05) is 38.1 Å². The van der Waals surface area contributed by atoms with Gasteiger partial charge in [-0.2, -0.15) is 0 Å². The summed E-state index contributed by atoms with van der Waals surface area (Å²) in [4.78, 5) is 13.9. The Bertz CT molecular complexity index is 819. The number of para-hydroxylation sites is 4. The quantitative estimate of drug-likeness (QED) is 0.852. The predicted octanol–water partition coefficient (Wildman–Crippen LogP) is 3.38. The normalized spacial score (nSPS) is 21.7. The molecule has 0 spiro atoms. The third-order valence-corrected chi connectivity index (χ3v) is 4.89. The highest BCUT2D eigenvalue weighted by Crippen LogP contribution is 2.38. The summed E-state index contributed by atoms with van der Waals surface area (Å²) >= 11 is 0. The van der Waals surface area contributed by atoms with Crippen molar-refractivity contribution in [2.45, 2.75) is 12.5 Å². The molecule has 0 saturated heterocycles. The lowest BCUT2D eigenvalue weighted by Crippen LogP contribution is -2.53. The van der Waals surface area contributed by atoms with E-state index in [0.29, 0.717) is 0 Å². The van der Waals surface area contributed by atoms with Gasteiger partial charge in [-0.1, -0.05) is 24.3 Å². The molecule has 2 heterocycles. The average Bonchev–Trinajstić information content (AvgIpc) is 2.68. The fraction of sp³-hybridized carbons (Fsp3) is 0.300. The van der Waals surface area contributed by atoms with Crippen molar-refractivity contribution in [3.8, 4) is 0 Å². The molecule has 0 N–H and O–H groups in total. The molecule has 2 aromatic carbocycles. The molecule has 2 atom stereocenters. The van der Waals surface area contributed by atoms with E-state index >= 15 is 0 Å². The SMILES string of the molecule is CO[C@@H]1C(C2=Nc3ccccc3N(C)[C@H]2OC)=Nc2ccccc2N1C. The van der Waals surface area contributed by atoms with Gasteiger partial charge in [0.25, 0.3) is 0 Å². The summed E-state index contributed by atoms with van der Waals surface area (Å²) in [5.41, 5.74) is 5.39. The van der Waals surface area contributed by atoms with Crippen molar-refractivity contribution in [3.63, 3.8) is 0 Å². The lowest BCUT2D eigenvalue weighted by Gasteiger charge is -2.39. The Morgan fingerprint density at radius 2 is 1.08 bits per heavy atom. The van der Waals surface area contributed by atoms with Crippen LogP contribution >= 0.6 is 0 Å². The molecule has 4 rings (SSSR count). The molecule has 0 amide bonds. The molecular formula is C20H22N4O2. The van der Waals surface area contributed by atoms with Crippen LogP contribution in [-0.4, -0.2) is 52.2 Å². The van der Waals surface area contributed by atoms with Crippen molar-refractivity contribution < 1.29 is 9.47 Å².